The third-order valence-corrected chi connectivity index (χ3v) is 5.37. The van der Waals surface area contributed by atoms with Crippen molar-refractivity contribution < 1.29 is 14.7 Å². The number of primary amides is 1. The molecule has 1 amide bonds. The number of ether oxygens (including phenoxy) is 1. The van der Waals surface area contributed by atoms with Crippen LogP contribution in [0.25, 0.3) is 16.9 Å². The summed E-state index contributed by atoms with van der Waals surface area (Å²) in [4.78, 5) is 19.9. The Morgan fingerprint density at radius 2 is 2.06 bits per heavy atom. The molecule has 9 heteroatoms. The van der Waals surface area contributed by atoms with Crippen LogP contribution in [0.5, 0.6) is 5.75 Å². The van der Waals surface area contributed by atoms with Gasteiger partial charge in [0.05, 0.1) is 11.9 Å². The summed E-state index contributed by atoms with van der Waals surface area (Å²) < 4.78 is 7.29. The molecule has 0 unspecified atom stereocenters. The van der Waals surface area contributed by atoms with E-state index in [1.807, 2.05) is 34.9 Å². The Bertz CT molecular complexity index is 1340. The summed E-state index contributed by atoms with van der Waals surface area (Å²) in [6.45, 7) is -0.173. The van der Waals surface area contributed by atoms with Crippen LogP contribution in [0.2, 0.25) is 0 Å². The summed E-state index contributed by atoms with van der Waals surface area (Å²) in [7, 11) is 0. The lowest BCUT2D eigenvalue weighted by molar-refractivity contribution is -0.119. The van der Waals surface area contributed by atoms with Crippen molar-refractivity contribution in [3.8, 4) is 17.0 Å². The molecule has 2 aromatic carbocycles. The average molecular weight is 428 g/mol. The van der Waals surface area contributed by atoms with Crippen LogP contribution >= 0.6 is 0 Å². The third-order valence-electron chi connectivity index (χ3n) is 5.37. The second kappa shape index (κ2) is 8.03. The van der Waals surface area contributed by atoms with E-state index in [9.17, 15) is 10.0 Å². The second-order valence-corrected chi connectivity index (χ2v) is 7.44. The molecular formula is C23H20N6O3. The predicted molar refractivity (Wildman–Crippen MR) is 119 cm³/mol. The van der Waals surface area contributed by atoms with Gasteiger partial charge in [0.2, 0.25) is 0 Å². The zero-order valence-electron chi connectivity index (χ0n) is 17.0. The van der Waals surface area contributed by atoms with Crippen LogP contribution in [0.15, 0.2) is 66.2 Å². The van der Waals surface area contributed by atoms with Crippen molar-refractivity contribution in [2.45, 2.75) is 12.8 Å². The number of hydrogen-bond donors (Lipinski definition) is 3. The molecule has 160 valence electrons. The maximum atomic E-state index is 10.9. The Hall–Kier alpha value is -4.40. The lowest BCUT2D eigenvalue weighted by Gasteiger charge is -2.11. The number of fused-ring (bicyclic) bond motifs is 2. The molecule has 0 atom stereocenters. The summed E-state index contributed by atoms with van der Waals surface area (Å²) in [5.74, 6) is 0.815. The molecule has 4 N–H and O–H groups in total. The first-order valence-corrected chi connectivity index (χ1v) is 10.1. The molecule has 2 heterocycles. The molecule has 0 radical (unpaired) electrons. The van der Waals surface area contributed by atoms with Gasteiger partial charge in [0.15, 0.2) is 12.3 Å². The zero-order valence-corrected chi connectivity index (χ0v) is 17.0. The van der Waals surface area contributed by atoms with Gasteiger partial charge in [0, 0.05) is 29.2 Å². The molecule has 5 rings (SSSR count). The van der Waals surface area contributed by atoms with Crippen molar-refractivity contribution in [3.05, 3.63) is 72.2 Å². The van der Waals surface area contributed by atoms with Gasteiger partial charge in [-0.25, -0.2) is 4.98 Å². The van der Waals surface area contributed by atoms with Gasteiger partial charge in [0.25, 0.3) is 5.91 Å². The van der Waals surface area contributed by atoms with E-state index in [1.165, 1.54) is 0 Å². The van der Waals surface area contributed by atoms with Crippen LogP contribution in [0, 0.1) is 0 Å². The van der Waals surface area contributed by atoms with Crippen LogP contribution in [0.1, 0.15) is 17.5 Å². The van der Waals surface area contributed by atoms with Crippen LogP contribution in [0.4, 0.5) is 11.5 Å². The topological polar surface area (TPSA) is 127 Å². The van der Waals surface area contributed by atoms with Gasteiger partial charge >= 0.3 is 0 Å². The highest BCUT2D eigenvalue weighted by Gasteiger charge is 2.20. The van der Waals surface area contributed by atoms with Gasteiger partial charge < -0.3 is 21.0 Å². The van der Waals surface area contributed by atoms with E-state index in [-0.39, 0.29) is 6.61 Å². The van der Waals surface area contributed by atoms with Crippen LogP contribution in [0.3, 0.4) is 0 Å². The first kappa shape index (κ1) is 19.6. The van der Waals surface area contributed by atoms with E-state index in [0.29, 0.717) is 17.1 Å². The van der Waals surface area contributed by atoms with Crippen LogP contribution in [-0.2, 0) is 11.2 Å². The van der Waals surface area contributed by atoms with Crippen LogP contribution < -0.4 is 15.8 Å². The highest BCUT2D eigenvalue weighted by molar-refractivity contribution is 6.04. The maximum absolute atomic E-state index is 10.9. The van der Waals surface area contributed by atoms with E-state index in [0.717, 1.165) is 46.7 Å². The molecule has 32 heavy (non-hydrogen) atoms. The number of nitrogens with two attached hydrogens (primary N) is 1. The number of carbonyl (C=O) groups is 1. The standard InChI is InChI=1S/C23H20N6O3/c24-20(30)13-32-17-5-1-14(2-6-17)22-23(29-10-9-25-12-21(29)27-22)26-16-4-7-18-15(11-16)3-8-19(18)28-31/h1-2,4-7,9-12,26,31H,3,8,13H2,(H2,24,30). The zero-order chi connectivity index (χ0) is 22.1. The number of anilines is 2. The molecule has 0 bridgehead atoms. The lowest BCUT2D eigenvalue weighted by atomic mass is 10.1. The fourth-order valence-electron chi connectivity index (χ4n) is 3.88. The van der Waals surface area contributed by atoms with Gasteiger partial charge in [-0.3, -0.25) is 14.2 Å². The van der Waals surface area contributed by atoms with Crippen molar-refractivity contribution in [1.82, 2.24) is 14.4 Å². The number of carbonyl (C=O) groups excluding carboxylic acids is 1. The van der Waals surface area contributed by atoms with E-state index < -0.39 is 5.91 Å². The maximum Gasteiger partial charge on any atom is 0.255 e. The Kier molecular flexibility index (Phi) is 4.91. The highest BCUT2D eigenvalue weighted by atomic mass is 16.5. The fourth-order valence-corrected chi connectivity index (χ4v) is 3.88. The first-order chi connectivity index (χ1) is 15.6. The predicted octanol–water partition coefficient (Wildman–Crippen LogP) is 3.13. The molecule has 0 spiro atoms. The smallest absolute Gasteiger partial charge is 0.255 e. The quantitative estimate of drug-likeness (QED) is 0.320. The number of rotatable bonds is 6. The molecule has 4 aromatic rings. The molecule has 0 aliphatic heterocycles. The number of aryl methyl sites for hydroxylation is 1. The largest absolute Gasteiger partial charge is 0.484 e. The molecule has 9 nitrogen and oxygen atoms in total. The average Bonchev–Trinajstić information content (AvgIpc) is 3.39. The van der Waals surface area contributed by atoms with E-state index in [4.69, 9.17) is 15.5 Å². The summed E-state index contributed by atoms with van der Waals surface area (Å²) in [5, 5.41) is 16.1. The number of aromatic nitrogens is 3. The molecule has 0 fully saturated rings. The second-order valence-electron chi connectivity index (χ2n) is 7.44. The van der Waals surface area contributed by atoms with Gasteiger partial charge in [-0.15, -0.1) is 0 Å². The number of oxime groups is 1. The number of nitrogens with one attached hydrogen (secondary N) is 1. The van der Waals surface area contributed by atoms with Crippen molar-refractivity contribution in [2.75, 3.05) is 11.9 Å². The Balaban J connectivity index is 1.51. The summed E-state index contributed by atoms with van der Waals surface area (Å²) in [6, 6.07) is 13.3. The third kappa shape index (κ3) is 3.60. The van der Waals surface area contributed by atoms with Gasteiger partial charge in [-0.2, -0.15) is 0 Å². The monoisotopic (exact) mass is 428 g/mol. The number of hydrogen-bond acceptors (Lipinski definition) is 7. The normalized spacial score (nSPS) is 13.9. The number of imidazole rings is 1. The van der Waals surface area contributed by atoms with E-state index >= 15 is 0 Å². The summed E-state index contributed by atoms with van der Waals surface area (Å²) >= 11 is 0. The molecule has 1 aliphatic rings. The van der Waals surface area contributed by atoms with E-state index in [1.54, 1.807) is 24.5 Å². The van der Waals surface area contributed by atoms with Crippen molar-refractivity contribution in [1.29, 1.82) is 0 Å². The Morgan fingerprint density at radius 1 is 1.22 bits per heavy atom. The number of benzene rings is 2. The Morgan fingerprint density at radius 3 is 2.84 bits per heavy atom. The van der Waals surface area contributed by atoms with Crippen molar-refractivity contribution in [3.63, 3.8) is 0 Å². The molecule has 1 aliphatic carbocycles. The minimum Gasteiger partial charge on any atom is -0.484 e. The molecule has 0 saturated carbocycles. The number of amides is 1. The summed E-state index contributed by atoms with van der Waals surface area (Å²) in [6.07, 6.45) is 6.82. The van der Waals surface area contributed by atoms with Crippen LogP contribution in [-0.4, -0.2) is 37.8 Å². The van der Waals surface area contributed by atoms with Gasteiger partial charge in [-0.1, -0.05) is 11.2 Å². The van der Waals surface area contributed by atoms with E-state index in [2.05, 4.69) is 21.5 Å². The highest BCUT2D eigenvalue weighted by Crippen LogP contribution is 2.33. The lowest BCUT2D eigenvalue weighted by Crippen LogP contribution is -2.19. The molecular weight excluding hydrogens is 408 g/mol. The van der Waals surface area contributed by atoms with Crippen molar-refractivity contribution in [2.24, 2.45) is 10.9 Å². The van der Waals surface area contributed by atoms with Crippen molar-refractivity contribution >= 4 is 28.8 Å². The molecule has 2 aromatic heterocycles. The summed E-state index contributed by atoms with van der Waals surface area (Å²) in [5.41, 5.74) is 11.2. The SMILES string of the molecule is NC(=O)COc1ccc(-c2nc3cnccn3c2Nc2ccc3c(c2)CCC3=NO)cc1. The fraction of sp³-hybridized carbons (Fsp3) is 0.130. The Labute approximate surface area is 183 Å². The van der Waals surface area contributed by atoms with Gasteiger partial charge in [-0.05, 0) is 54.8 Å². The first-order valence-electron chi connectivity index (χ1n) is 10.1. The number of nitrogens with zero attached hydrogens (tertiary/aromatic N) is 4. The minimum atomic E-state index is -0.528. The molecule has 0 saturated heterocycles. The minimum absolute atomic E-state index is 0.173. The van der Waals surface area contributed by atoms with Gasteiger partial charge in [0.1, 0.15) is 17.3 Å².